The van der Waals surface area contributed by atoms with Crippen molar-refractivity contribution < 1.29 is 27.1 Å². The largest absolute Gasteiger partial charge is 0.464 e. The van der Waals surface area contributed by atoms with E-state index in [0.717, 1.165) is 31.4 Å². The highest BCUT2D eigenvalue weighted by atomic mass is 35.5. The number of hydrogen-bond acceptors (Lipinski definition) is 3. The maximum absolute atomic E-state index is 14.1. The van der Waals surface area contributed by atoms with Crippen molar-refractivity contribution in [1.82, 2.24) is 4.98 Å². The Balaban J connectivity index is 2.61. The highest BCUT2D eigenvalue weighted by Gasteiger charge is 2.31. The molecule has 2 aromatic rings. The number of alkyl halides is 3. The van der Waals surface area contributed by atoms with Crippen molar-refractivity contribution in [2.24, 2.45) is 0 Å². The second kappa shape index (κ2) is 6.16. The normalized spacial score (nSPS) is 11.4. The first-order chi connectivity index (χ1) is 10.6. The molecular weight excluding hydrogens is 338 g/mol. The van der Waals surface area contributed by atoms with Gasteiger partial charge in [0.1, 0.15) is 5.69 Å². The number of benzene rings is 1. The predicted octanol–water partition coefficient (Wildman–Crippen LogP) is 4.65. The smallest absolute Gasteiger partial charge is 0.416 e. The zero-order chi connectivity index (χ0) is 17.4. The summed E-state index contributed by atoms with van der Waals surface area (Å²) < 4.78 is 56.6. The van der Waals surface area contributed by atoms with Crippen molar-refractivity contribution in [2.75, 3.05) is 7.11 Å². The number of hydrogen-bond donors (Lipinski definition) is 0. The molecule has 0 aliphatic rings. The molecule has 0 fully saturated rings. The summed E-state index contributed by atoms with van der Waals surface area (Å²) in [7, 11) is 1.10. The summed E-state index contributed by atoms with van der Waals surface area (Å²) in [5, 5.41) is -0.248. The van der Waals surface area contributed by atoms with Crippen LogP contribution < -0.4 is 0 Å². The van der Waals surface area contributed by atoms with Gasteiger partial charge in [-0.15, -0.1) is 0 Å². The first-order valence-electron chi connectivity index (χ1n) is 6.27. The maximum Gasteiger partial charge on any atom is 0.416 e. The number of aryl methyl sites for hydroxylation is 1. The highest BCUT2D eigenvalue weighted by molar-refractivity contribution is 6.33. The quantitative estimate of drug-likeness (QED) is 0.586. The van der Waals surface area contributed by atoms with Crippen molar-refractivity contribution in [3.8, 4) is 11.3 Å². The molecule has 1 heterocycles. The van der Waals surface area contributed by atoms with Crippen LogP contribution in [0.4, 0.5) is 17.6 Å². The molecule has 0 saturated heterocycles. The van der Waals surface area contributed by atoms with Crippen molar-refractivity contribution in [1.29, 1.82) is 0 Å². The number of pyridine rings is 1. The van der Waals surface area contributed by atoms with Gasteiger partial charge in [-0.25, -0.2) is 14.2 Å². The molecule has 0 aliphatic heterocycles. The Morgan fingerprint density at radius 2 is 1.91 bits per heavy atom. The van der Waals surface area contributed by atoms with Crippen LogP contribution in [-0.4, -0.2) is 18.1 Å². The van der Waals surface area contributed by atoms with Crippen LogP contribution in [0, 0.1) is 12.7 Å². The Morgan fingerprint density at radius 3 is 2.43 bits per heavy atom. The fourth-order valence-corrected chi connectivity index (χ4v) is 2.22. The molecule has 1 aromatic heterocycles. The van der Waals surface area contributed by atoms with Crippen LogP contribution in [0.5, 0.6) is 0 Å². The summed E-state index contributed by atoms with van der Waals surface area (Å²) in [6, 6.07) is 3.66. The number of carbonyl (C=O) groups is 1. The summed E-state index contributed by atoms with van der Waals surface area (Å²) in [5.74, 6) is -1.73. The van der Waals surface area contributed by atoms with Gasteiger partial charge in [0.15, 0.2) is 11.5 Å². The van der Waals surface area contributed by atoms with Gasteiger partial charge in [0.05, 0.1) is 17.7 Å². The van der Waals surface area contributed by atoms with Crippen LogP contribution in [-0.2, 0) is 10.9 Å². The van der Waals surface area contributed by atoms with Gasteiger partial charge in [0.25, 0.3) is 0 Å². The Kier molecular flexibility index (Phi) is 4.61. The zero-order valence-corrected chi connectivity index (χ0v) is 12.7. The van der Waals surface area contributed by atoms with E-state index in [2.05, 4.69) is 9.72 Å². The molecule has 2 rings (SSSR count). The Hall–Kier alpha value is -2.15. The van der Waals surface area contributed by atoms with E-state index in [4.69, 9.17) is 11.6 Å². The first kappa shape index (κ1) is 17.2. The van der Waals surface area contributed by atoms with Crippen molar-refractivity contribution in [3.05, 3.63) is 51.9 Å². The van der Waals surface area contributed by atoms with Crippen LogP contribution in [0.25, 0.3) is 11.3 Å². The fourth-order valence-electron chi connectivity index (χ4n) is 2.00. The van der Waals surface area contributed by atoms with Gasteiger partial charge >= 0.3 is 12.1 Å². The van der Waals surface area contributed by atoms with E-state index in [1.807, 2.05) is 0 Å². The average molecular weight is 348 g/mol. The van der Waals surface area contributed by atoms with Gasteiger partial charge < -0.3 is 4.74 Å². The van der Waals surface area contributed by atoms with Crippen molar-refractivity contribution in [2.45, 2.75) is 13.1 Å². The van der Waals surface area contributed by atoms with Gasteiger partial charge in [-0.05, 0) is 30.7 Å². The second-order valence-electron chi connectivity index (χ2n) is 4.67. The molecule has 0 saturated carbocycles. The van der Waals surface area contributed by atoms with Gasteiger partial charge in [-0.2, -0.15) is 13.2 Å². The lowest BCUT2D eigenvalue weighted by molar-refractivity contribution is -0.137. The van der Waals surface area contributed by atoms with Crippen LogP contribution in [0.15, 0.2) is 24.3 Å². The van der Waals surface area contributed by atoms with E-state index in [1.165, 1.54) is 6.92 Å². The summed E-state index contributed by atoms with van der Waals surface area (Å²) in [5.41, 5.74) is -1.17. The summed E-state index contributed by atoms with van der Waals surface area (Å²) >= 11 is 5.74. The molecule has 0 amide bonds. The summed E-state index contributed by atoms with van der Waals surface area (Å²) in [6.45, 7) is 1.39. The molecule has 0 unspecified atom stereocenters. The number of ether oxygens (including phenoxy) is 1. The number of nitrogens with zero attached hydrogens (tertiary/aromatic N) is 1. The van der Waals surface area contributed by atoms with Crippen LogP contribution >= 0.6 is 11.6 Å². The molecule has 0 aliphatic carbocycles. The highest BCUT2D eigenvalue weighted by Crippen LogP contribution is 2.34. The predicted molar refractivity (Wildman–Crippen MR) is 75.7 cm³/mol. The average Bonchev–Trinajstić information content (AvgIpc) is 2.46. The minimum absolute atomic E-state index is 0.123. The lowest BCUT2D eigenvalue weighted by Gasteiger charge is -2.12. The number of esters is 1. The van der Waals surface area contributed by atoms with E-state index in [-0.39, 0.29) is 27.5 Å². The molecule has 0 atom stereocenters. The van der Waals surface area contributed by atoms with Crippen LogP contribution in [0.2, 0.25) is 5.02 Å². The third kappa shape index (κ3) is 3.44. The molecule has 0 radical (unpaired) electrons. The first-order valence-corrected chi connectivity index (χ1v) is 6.65. The number of methoxy groups -OCH3 is 1. The number of aromatic nitrogens is 1. The molecule has 3 nitrogen and oxygen atoms in total. The summed E-state index contributed by atoms with van der Waals surface area (Å²) in [4.78, 5) is 15.4. The number of halogens is 5. The molecule has 8 heteroatoms. The second-order valence-corrected chi connectivity index (χ2v) is 5.08. The van der Waals surface area contributed by atoms with E-state index in [0.29, 0.717) is 0 Å². The Labute approximate surface area is 133 Å². The SMILES string of the molecule is COC(=O)c1nc(-c2ccc(C(F)(F)F)cc2C)c(F)cc1Cl. The minimum atomic E-state index is -4.51. The summed E-state index contributed by atoms with van der Waals surface area (Å²) in [6.07, 6.45) is -4.51. The Morgan fingerprint density at radius 1 is 1.26 bits per heavy atom. The van der Waals surface area contributed by atoms with Gasteiger partial charge in [-0.1, -0.05) is 17.7 Å². The molecule has 122 valence electrons. The van der Waals surface area contributed by atoms with Crippen molar-refractivity contribution in [3.63, 3.8) is 0 Å². The molecular formula is C15H10ClF4NO2. The molecule has 0 spiro atoms. The fraction of sp³-hybridized carbons (Fsp3) is 0.200. The molecule has 1 aromatic carbocycles. The van der Waals surface area contributed by atoms with Crippen molar-refractivity contribution >= 4 is 17.6 Å². The molecule has 0 N–H and O–H groups in total. The third-order valence-corrected chi connectivity index (χ3v) is 3.41. The van der Waals surface area contributed by atoms with E-state index >= 15 is 0 Å². The van der Waals surface area contributed by atoms with Crippen LogP contribution in [0.1, 0.15) is 21.6 Å². The monoisotopic (exact) mass is 347 g/mol. The maximum atomic E-state index is 14.1. The lowest BCUT2D eigenvalue weighted by atomic mass is 10.0. The van der Waals surface area contributed by atoms with Gasteiger partial charge in [0, 0.05) is 5.56 Å². The number of carbonyl (C=O) groups excluding carboxylic acids is 1. The lowest BCUT2D eigenvalue weighted by Crippen LogP contribution is -2.08. The van der Waals surface area contributed by atoms with E-state index in [1.54, 1.807) is 0 Å². The zero-order valence-electron chi connectivity index (χ0n) is 12.0. The minimum Gasteiger partial charge on any atom is -0.464 e. The van der Waals surface area contributed by atoms with E-state index in [9.17, 15) is 22.4 Å². The Bertz CT molecular complexity index is 775. The van der Waals surface area contributed by atoms with Gasteiger partial charge in [-0.3, -0.25) is 0 Å². The van der Waals surface area contributed by atoms with Crippen LogP contribution in [0.3, 0.4) is 0 Å². The van der Waals surface area contributed by atoms with E-state index < -0.39 is 23.5 Å². The molecule has 0 bridgehead atoms. The molecule has 23 heavy (non-hydrogen) atoms. The number of rotatable bonds is 2. The standard InChI is InChI=1S/C15H10ClF4NO2/c1-7-5-8(15(18,19)20)3-4-9(7)12-11(17)6-10(16)13(21-12)14(22)23-2/h3-6H,1-2H3. The van der Waals surface area contributed by atoms with Gasteiger partial charge in [0.2, 0.25) is 0 Å². The topological polar surface area (TPSA) is 39.2 Å². The third-order valence-electron chi connectivity index (χ3n) is 3.12.